The molecule has 1 heterocycles. The Kier molecular flexibility index (Phi) is 3.60. The summed E-state index contributed by atoms with van der Waals surface area (Å²) in [6.45, 7) is 2.91. The summed E-state index contributed by atoms with van der Waals surface area (Å²) in [4.78, 5) is 4.09. The van der Waals surface area contributed by atoms with Gasteiger partial charge in [0.1, 0.15) is 0 Å². The number of nitrogens with two attached hydrogens (primary N) is 1. The van der Waals surface area contributed by atoms with Gasteiger partial charge in [-0.3, -0.25) is 4.98 Å². The fourth-order valence-electron chi connectivity index (χ4n) is 1.73. The van der Waals surface area contributed by atoms with Crippen molar-refractivity contribution < 1.29 is 0 Å². The second kappa shape index (κ2) is 5.34. The second-order valence-electron chi connectivity index (χ2n) is 4.06. The van der Waals surface area contributed by atoms with Crippen LogP contribution < -0.4 is 11.1 Å². The molecule has 1 aromatic heterocycles. The van der Waals surface area contributed by atoms with E-state index >= 15 is 0 Å². The van der Waals surface area contributed by atoms with Gasteiger partial charge in [0.25, 0.3) is 0 Å². The van der Waals surface area contributed by atoms with Crippen LogP contribution in [0.25, 0.3) is 0 Å². The molecule has 0 saturated heterocycles. The highest BCUT2D eigenvalue weighted by Gasteiger charge is 2.00. The van der Waals surface area contributed by atoms with Crippen LogP contribution in [0.2, 0.25) is 0 Å². The van der Waals surface area contributed by atoms with E-state index in [1.165, 1.54) is 5.56 Å². The smallest absolute Gasteiger partial charge is 0.0390 e. The summed E-state index contributed by atoms with van der Waals surface area (Å²) in [5.41, 5.74) is 10.1. The number of rotatable bonds is 4. The second-order valence-corrected chi connectivity index (χ2v) is 4.06. The van der Waals surface area contributed by atoms with Crippen LogP contribution in [0.1, 0.15) is 11.1 Å². The fourth-order valence-corrected chi connectivity index (χ4v) is 1.73. The first kappa shape index (κ1) is 11.5. The fraction of sp³-hybridized carbons (Fsp3) is 0.214. The van der Waals surface area contributed by atoms with Crippen LogP contribution in [-0.4, -0.2) is 11.5 Å². The quantitative estimate of drug-likeness (QED) is 0.789. The molecule has 0 aliphatic heterocycles. The van der Waals surface area contributed by atoms with Crippen LogP contribution in [-0.2, 0) is 6.42 Å². The van der Waals surface area contributed by atoms with Crippen molar-refractivity contribution in [3.63, 3.8) is 0 Å². The molecule has 0 saturated carbocycles. The summed E-state index contributed by atoms with van der Waals surface area (Å²) in [5.74, 6) is 0. The lowest BCUT2D eigenvalue weighted by Crippen LogP contribution is -2.07. The maximum Gasteiger partial charge on any atom is 0.0390 e. The molecule has 88 valence electrons. The van der Waals surface area contributed by atoms with Gasteiger partial charge in [-0.2, -0.15) is 0 Å². The molecule has 0 bridgehead atoms. The van der Waals surface area contributed by atoms with Crippen LogP contribution in [0.4, 0.5) is 11.4 Å². The third-order valence-electron chi connectivity index (χ3n) is 2.83. The molecule has 0 amide bonds. The van der Waals surface area contributed by atoms with Crippen LogP contribution in [0.5, 0.6) is 0 Å². The predicted molar refractivity (Wildman–Crippen MR) is 72.0 cm³/mol. The summed E-state index contributed by atoms with van der Waals surface area (Å²) in [5, 5.41) is 3.39. The minimum Gasteiger partial charge on any atom is -0.398 e. The summed E-state index contributed by atoms with van der Waals surface area (Å²) in [6.07, 6.45) is 4.65. The Bertz CT molecular complexity index is 480. The van der Waals surface area contributed by atoms with Gasteiger partial charge in [0.05, 0.1) is 0 Å². The molecule has 0 atom stereocenters. The number of nitrogens with one attached hydrogen (secondary N) is 1. The summed E-state index contributed by atoms with van der Waals surface area (Å²) < 4.78 is 0. The Morgan fingerprint density at radius 2 is 2.12 bits per heavy atom. The van der Waals surface area contributed by atoms with Gasteiger partial charge in [0, 0.05) is 30.3 Å². The Hall–Kier alpha value is -2.03. The number of anilines is 2. The number of nitrogens with zero attached hydrogens (tertiary/aromatic N) is 1. The van der Waals surface area contributed by atoms with Crippen molar-refractivity contribution >= 4 is 11.4 Å². The van der Waals surface area contributed by atoms with Gasteiger partial charge in [-0.15, -0.1) is 0 Å². The van der Waals surface area contributed by atoms with Crippen LogP contribution >= 0.6 is 0 Å². The Labute approximate surface area is 102 Å². The molecular weight excluding hydrogens is 210 g/mol. The first-order chi connectivity index (χ1) is 8.27. The number of aromatic nitrogens is 1. The molecule has 0 spiro atoms. The van der Waals surface area contributed by atoms with E-state index in [9.17, 15) is 0 Å². The first-order valence-electron chi connectivity index (χ1n) is 5.75. The molecule has 0 aliphatic rings. The molecular formula is C14H17N3. The van der Waals surface area contributed by atoms with Gasteiger partial charge >= 0.3 is 0 Å². The molecule has 3 nitrogen and oxygen atoms in total. The van der Waals surface area contributed by atoms with Gasteiger partial charge in [-0.25, -0.2) is 0 Å². The Morgan fingerprint density at radius 3 is 2.88 bits per heavy atom. The zero-order valence-electron chi connectivity index (χ0n) is 9.98. The lowest BCUT2D eigenvalue weighted by atomic mass is 10.1. The van der Waals surface area contributed by atoms with Crippen LogP contribution in [0, 0.1) is 6.92 Å². The molecule has 1 aromatic carbocycles. The molecule has 2 aromatic rings. The molecule has 17 heavy (non-hydrogen) atoms. The highest BCUT2D eigenvalue weighted by Crippen LogP contribution is 2.20. The first-order valence-corrected chi connectivity index (χ1v) is 5.75. The van der Waals surface area contributed by atoms with Crippen molar-refractivity contribution in [2.45, 2.75) is 13.3 Å². The Morgan fingerprint density at radius 1 is 1.24 bits per heavy atom. The number of benzene rings is 1. The predicted octanol–water partition coefficient (Wildman–Crippen LogP) is 2.63. The van der Waals surface area contributed by atoms with E-state index in [4.69, 9.17) is 5.73 Å². The topological polar surface area (TPSA) is 50.9 Å². The number of pyridine rings is 1. The lowest BCUT2D eigenvalue weighted by Gasteiger charge is -2.10. The van der Waals surface area contributed by atoms with Gasteiger partial charge in [-0.05, 0) is 42.7 Å². The van der Waals surface area contributed by atoms with E-state index in [-0.39, 0.29) is 0 Å². The standard InChI is InChI=1S/C14H17N3/c1-11-13(15)5-2-6-14(11)17-9-7-12-4-3-8-16-10-12/h2-6,8,10,17H,7,9,15H2,1H3. The Balaban J connectivity index is 1.93. The zero-order chi connectivity index (χ0) is 12.1. The lowest BCUT2D eigenvalue weighted by molar-refractivity contribution is 1.00. The summed E-state index contributed by atoms with van der Waals surface area (Å²) >= 11 is 0. The van der Waals surface area contributed by atoms with Crippen molar-refractivity contribution in [2.75, 3.05) is 17.6 Å². The van der Waals surface area contributed by atoms with Gasteiger partial charge < -0.3 is 11.1 Å². The molecule has 3 N–H and O–H groups in total. The van der Waals surface area contributed by atoms with E-state index in [0.29, 0.717) is 0 Å². The number of nitrogen functional groups attached to an aromatic ring is 1. The van der Waals surface area contributed by atoms with E-state index in [2.05, 4.69) is 22.4 Å². The van der Waals surface area contributed by atoms with Crippen molar-refractivity contribution in [1.29, 1.82) is 0 Å². The third kappa shape index (κ3) is 2.97. The monoisotopic (exact) mass is 227 g/mol. The van der Waals surface area contributed by atoms with Gasteiger partial charge in [0.15, 0.2) is 0 Å². The third-order valence-corrected chi connectivity index (χ3v) is 2.83. The average molecular weight is 227 g/mol. The van der Waals surface area contributed by atoms with Crippen molar-refractivity contribution in [1.82, 2.24) is 4.98 Å². The highest BCUT2D eigenvalue weighted by molar-refractivity contribution is 5.62. The van der Waals surface area contributed by atoms with E-state index in [1.54, 1.807) is 6.20 Å². The maximum atomic E-state index is 5.85. The minimum atomic E-state index is 0.830. The van der Waals surface area contributed by atoms with Gasteiger partial charge in [-0.1, -0.05) is 12.1 Å². The average Bonchev–Trinajstić information content (AvgIpc) is 2.36. The minimum absolute atomic E-state index is 0.830. The summed E-state index contributed by atoms with van der Waals surface area (Å²) in [7, 11) is 0. The van der Waals surface area contributed by atoms with E-state index < -0.39 is 0 Å². The van der Waals surface area contributed by atoms with Crippen LogP contribution in [0.15, 0.2) is 42.7 Å². The number of hydrogen-bond acceptors (Lipinski definition) is 3. The number of hydrogen-bond donors (Lipinski definition) is 2. The zero-order valence-corrected chi connectivity index (χ0v) is 9.98. The molecule has 0 aliphatic carbocycles. The largest absolute Gasteiger partial charge is 0.398 e. The molecule has 2 rings (SSSR count). The van der Waals surface area contributed by atoms with Crippen molar-refractivity contribution in [3.8, 4) is 0 Å². The SMILES string of the molecule is Cc1c(N)cccc1NCCc1cccnc1. The normalized spacial score (nSPS) is 10.2. The van der Waals surface area contributed by atoms with Crippen LogP contribution in [0.3, 0.4) is 0 Å². The van der Waals surface area contributed by atoms with Crippen molar-refractivity contribution in [2.24, 2.45) is 0 Å². The molecule has 0 fully saturated rings. The highest BCUT2D eigenvalue weighted by atomic mass is 14.9. The van der Waals surface area contributed by atoms with E-state index in [0.717, 1.165) is 29.9 Å². The summed E-state index contributed by atoms with van der Waals surface area (Å²) in [6, 6.07) is 9.98. The molecule has 0 unspecified atom stereocenters. The molecule has 3 heteroatoms. The van der Waals surface area contributed by atoms with E-state index in [1.807, 2.05) is 31.3 Å². The van der Waals surface area contributed by atoms with Crippen molar-refractivity contribution in [3.05, 3.63) is 53.9 Å². The van der Waals surface area contributed by atoms with Gasteiger partial charge in [0.2, 0.25) is 0 Å². The molecule has 0 radical (unpaired) electrons. The maximum absolute atomic E-state index is 5.85.